The Kier molecular flexibility index (Phi) is 16.0. The average molecular weight is 502 g/mol. The van der Waals surface area contributed by atoms with Crippen LogP contribution in [0.5, 0.6) is 0 Å². The summed E-state index contributed by atoms with van der Waals surface area (Å²) in [6.07, 6.45) is 7.17. The first-order valence-corrected chi connectivity index (χ1v) is 12.3. The van der Waals surface area contributed by atoms with Crippen molar-refractivity contribution in [3.8, 4) is 0 Å². The van der Waals surface area contributed by atoms with Crippen LogP contribution in [0.25, 0.3) is 0 Å². The van der Waals surface area contributed by atoms with Crippen LogP contribution in [-0.2, 0) is 23.8 Å². The van der Waals surface area contributed by atoms with Crippen LogP contribution in [0.15, 0.2) is 12.7 Å². The highest BCUT2D eigenvalue weighted by atomic mass is 16.5. The molecule has 0 aliphatic heterocycles. The normalized spacial score (nSPS) is 17.9. The van der Waals surface area contributed by atoms with Gasteiger partial charge >= 0.3 is 6.09 Å². The summed E-state index contributed by atoms with van der Waals surface area (Å²) >= 11 is 0. The van der Waals surface area contributed by atoms with E-state index < -0.39 is 24.3 Å². The molecule has 0 spiro atoms. The van der Waals surface area contributed by atoms with Crippen LogP contribution in [0.2, 0.25) is 0 Å². The minimum absolute atomic E-state index is 0.0593. The van der Waals surface area contributed by atoms with Gasteiger partial charge in [0.1, 0.15) is 6.61 Å². The van der Waals surface area contributed by atoms with Crippen LogP contribution < -0.4 is 21.7 Å². The van der Waals surface area contributed by atoms with E-state index in [0.717, 1.165) is 44.9 Å². The van der Waals surface area contributed by atoms with E-state index in [-0.39, 0.29) is 30.5 Å². The second kappa shape index (κ2) is 18.1. The molecule has 0 saturated heterocycles. The van der Waals surface area contributed by atoms with Crippen molar-refractivity contribution in [1.82, 2.24) is 16.0 Å². The number of alkyl carbamates (subject to hydrolysis) is 1. The molecule has 0 bridgehead atoms. The van der Waals surface area contributed by atoms with Gasteiger partial charge in [-0.1, -0.05) is 46.7 Å². The Morgan fingerprint density at radius 1 is 1.00 bits per heavy atom. The molecule has 2 rings (SSSR count). The van der Waals surface area contributed by atoms with Gasteiger partial charge in [0.2, 0.25) is 0 Å². The zero-order chi connectivity index (χ0) is 27.5. The van der Waals surface area contributed by atoms with Crippen molar-refractivity contribution in [1.29, 1.82) is 0 Å². The molecule has 10 heteroatoms. The van der Waals surface area contributed by atoms with Gasteiger partial charge in [-0.25, -0.2) is 4.79 Å². The smallest absolute Gasteiger partial charge is 0.407 e. The van der Waals surface area contributed by atoms with Gasteiger partial charge in [0, 0.05) is 33.7 Å². The maximum Gasteiger partial charge on any atom is 0.407 e. The fourth-order valence-electron chi connectivity index (χ4n) is 3.37. The number of carbonyl (C=O) groups is 3. The van der Waals surface area contributed by atoms with E-state index in [1.54, 1.807) is 0 Å². The molecule has 2 unspecified atom stereocenters. The molecule has 2 saturated carbocycles. The number of carbonyl (C=O) groups excluding carboxylic acids is 3. The van der Waals surface area contributed by atoms with E-state index in [0.29, 0.717) is 12.5 Å². The van der Waals surface area contributed by atoms with Gasteiger partial charge in [-0.3, -0.25) is 9.59 Å². The molecule has 204 valence electrons. The van der Waals surface area contributed by atoms with Crippen molar-refractivity contribution >= 4 is 17.9 Å². The van der Waals surface area contributed by atoms with Crippen molar-refractivity contribution in [2.45, 2.75) is 109 Å². The van der Waals surface area contributed by atoms with Crippen LogP contribution in [-0.4, -0.2) is 75.1 Å². The number of rotatable bonds is 15. The molecule has 0 radical (unpaired) electrons. The summed E-state index contributed by atoms with van der Waals surface area (Å²) in [5.74, 6) is -0.242. The molecular weight excluding hydrogens is 452 g/mol. The van der Waals surface area contributed by atoms with E-state index in [1.165, 1.54) is 27.7 Å². The molecular formula is C25H48N4O6. The lowest BCUT2D eigenvalue weighted by atomic mass is 10.1. The number of hydrogen-bond donors (Lipinski definition) is 4. The maximum absolute atomic E-state index is 12.1. The topological polar surface area (TPSA) is 141 Å². The third kappa shape index (κ3) is 13.5. The van der Waals surface area contributed by atoms with Crippen molar-refractivity contribution in [3.05, 3.63) is 12.7 Å². The lowest BCUT2D eigenvalue weighted by Gasteiger charge is -2.25. The van der Waals surface area contributed by atoms with Crippen molar-refractivity contribution in [3.63, 3.8) is 0 Å². The zero-order valence-corrected chi connectivity index (χ0v) is 22.1. The Bertz CT molecular complexity index is 646. The number of methoxy groups -OCH3 is 2. The van der Waals surface area contributed by atoms with Crippen LogP contribution in [0, 0.1) is 0 Å². The third-order valence-corrected chi connectivity index (χ3v) is 5.48. The first-order chi connectivity index (χ1) is 17.3. The Hall–Kier alpha value is -2.17. The molecule has 10 nitrogen and oxygen atoms in total. The fourth-order valence-corrected chi connectivity index (χ4v) is 3.37. The highest BCUT2D eigenvalue weighted by Crippen LogP contribution is 2.20. The molecule has 5 N–H and O–H groups in total. The van der Waals surface area contributed by atoms with E-state index in [4.69, 9.17) is 21.3 Å². The lowest BCUT2D eigenvalue weighted by Crippen LogP contribution is -2.52. The van der Waals surface area contributed by atoms with Crippen molar-refractivity contribution < 1.29 is 30.0 Å². The van der Waals surface area contributed by atoms with E-state index in [1.807, 2.05) is 13.8 Å². The predicted molar refractivity (Wildman–Crippen MR) is 137 cm³/mol. The van der Waals surface area contributed by atoms with Crippen LogP contribution >= 0.6 is 0 Å². The quantitative estimate of drug-likeness (QED) is 0.253. The van der Waals surface area contributed by atoms with Crippen molar-refractivity contribution in [2.24, 2.45) is 5.73 Å². The molecule has 0 aromatic carbocycles. The number of hydrogen-bond acceptors (Lipinski definition) is 7. The molecule has 0 aromatic heterocycles. The molecule has 0 aromatic rings. The van der Waals surface area contributed by atoms with E-state index in [9.17, 15) is 14.4 Å². The standard InChI is InChI=1S/C14H24N2O4.C10H20N2O2.CH4/c1-4-6-11(16-14(18)20-9-5-2)12(19-3)13(17)15-10-7-8-10;1-3-4-8(11)9(14-2)10(13)12-7-5-6-7;/h5,10-12H,2,4,6-9H2,1,3H3,(H,15,17)(H,16,18);7-9H,3-6,11H2,1-2H3,(H,12,13);1H4/t11-,12?;8-,9?;/m00./s1/i;;1D. The Morgan fingerprint density at radius 2 is 1.49 bits per heavy atom. The second-order valence-corrected chi connectivity index (χ2v) is 8.76. The maximum atomic E-state index is 12.1. The summed E-state index contributed by atoms with van der Waals surface area (Å²) in [5, 5.41) is 8.47. The Balaban J connectivity index is 0.000000671. The molecule has 0 heterocycles. The number of ether oxygens (including phenoxy) is 3. The minimum atomic E-state index is -0.702. The fraction of sp³-hybridized carbons (Fsp3) is 0.800. The van der Waals surface area contributed by atoms with Gasteiger partial charge in [0.05, 0.1) is 6.04 Å². The summed E-state index contributed by atoms with van der Waals surface area (Å²) in [6.45, 7) is 7.64. The highest BCUT2D eigenvalue weighted by Gasteiger charge is 2.33. The molecule has 35 heavy (non-hydrogen) atoms. The molecule has 4 atom stereocenters. The summed E-state index contributed by atoms with van der Waals surface area (Å²) in [4.78, 5) is 35.3. The molecule has 3 amide bonds. The SMILES string of the molecule is C=CCOC(=O)N[C@@H](CCC)C(OC)C(=O)NC1CC1.CCC[C@H](N)C(OC)C(=O)NC1CC1.[2H]C. The monoisotopic (exact) mass is 501 g/mol. The van der Waals surface area contributed by atoms with Crippen molar-refractivity contribution in [2.75, 3.05) is 20.8 Å². The third-order valence-electron chi connectivity index (χ3n) is 5.48. The minimum Gasteiger partial charge on any atom is -0.445 e. The second-order valence-electron chi connectivity index (χ2n) is 8.76. The Morgan fingerprint density at radius 3 is 1.89 bits per heavy atom. The van der Waals surface area contributed by atoms with E-state index >= 15 is 0 Å². The van der Waals surface area contributed by atoms with Gasteiger partial charge in [-0.05, 0) is 38.5 Å². The average Bonchev–Trinajstić information content (AvgIpc) is 3.78. The van der Waals surface area contributed by atoms with Crippen LogP contribution in [0.4, 0.5) is 4.79 Å². The van der Waals surface area contributed by atoms with Crippen LogP contribution in [0.1, 0.15) is 74.0 Å². The predicted octanol–water partition coefficient (Wildman–Crippen LogP) is 2.40. The zero-order valence-electron chi connectivity index (χ0n) is 23.1. The highest BCUT2D eigenvalue weighted by molar-refractivity contribution is 5.83. The number of amides is 3. The van der Waals surface area contributed by atoms with Gasteiger partial charge in [0.15, 0.2) is 12.2 Å². The first-order valence-electron chi connectivity index (χ1n) is 13.3. The summed E-state index contributed by atoms with van der Waals surface area (Å²) in [5.41, 5.74) is 5.85. The van der Waals surface area contributed by atoms with Gasteiger partial charge < -0.3 is 35.9 Å². The van der Waals surface area contributed by atoms with Gasteiger partial charge in [-0.2, -0.15) is 0 Å². The molecule has 2 aliphatic rings. The number of nitrogens with two attached hydrogens (primary N) is 1. The van der Waals surface area contributed by atoms with E-state index in [2.05, 4.69) is 22.5 Å². The summed E-state index contributed by atoms with van der Waals surface area (Å²) in [7, 11) is 4.25. The molecule has 2 fully saturated rings. The van der Waals surface area contributed by atoms with Gasteiger partial charge in [-0.15, -0.1) is 0 Å². The Labute approximate surface area is 212 Å². The lowest BCUT2D eigenvalue weighted by molar-refractivity contribution is -0.133. The largest absolute Gasteiger partial charge is 0.445 e. The molecule has 2 aliphatic carbocycles. The first kappa shape index (κ1) is 30.9. The summed E-state index contributed by atoms with van der Waals surface area (Å²) < 4.78 is 21.0. The number of nitrogens with one attached hydrogen (secondary N) is 3. The van der Waals surface area contributed by atoms with Gasteiger partial charge in [0.25, 0.3) is 11.8 Å². The van der Waals surface area contributed by atoms with Crippen LogP contribution in [0.3, 0.4) is 0 Å². The summed E-state index contributed by atoms with van der Waals surface area (Å²) in [6, 6.07) is 0.0361.